The van der Waals surface area contributed by atoms with Gasteiger partial charge in [0.2, 0.25) is 0 Å². The molecular weight excluding hydrogens is 215 g/mol. The first-order valence-electron chi connectivity index (χ1n) is 6.11. The molecule has 0 heterocycles. The lowest BCUT2D eigenvalue weighted by Crippen LogP contribution is -2.51. The Morgan fingerprint density at radius 3 is 2.18 bits per heavy atom. The lowest BCUT2D eigenvalue weighted by atomic mass is 9.80. The maximum absolute atomic E-state index is 12.1. The summed E-state index contributed by atoms with van der Waals surface area (Å²) in [6.07, 6.45) is 0.747. The van der Waals surface area contributed by atoms with Crippen LogP contribution in [0, 0.1) is 5.41 Å². The van der Waals surface area contributed by atoms with Gasteiger partial charge in [-0.3, -0.25) is 4.79 Å². The van der Waals surface area contributed by atoms with Crippen molar-refractivity contribution in [2.45, 2.75) is 39.7 Å². The van der Waals surface area contributed by atoms with E-state index in [1.54, 1.807) is 7.98 Å². The number of nitrogens with one attached hydrogen (secondary N) is 1. The molecule has 5 heteroatoms. The van der Waals surface area contributed by atoms with E-state index in [1.807, 2.05) is 25.9 Å². The highest BCUT2D eigenvalue weighted by molar-refractivity contribution is 6.07. The second-order valence-electron chi connectivity index (χ2n) is 6.26. The highest BCUT2D eigenvalue weighted by Gasteiger charge is 2.36. The van der Waals surface area contributed by atoms with Gasteiger partial charge in [0, 0.05) is 6.54 Å². The molecule has 0 aromatic carbocycles. The summed E-state index contributed by atoms with van der Waals surface area (Å²) in [5.41, 5.74) is -0.525. The molecule has 0 radical (unpaired) electrons. The molecule has 4 nitrogen and oxygen atoms in total. The van der Waals surface area contributed by atoms with Crippen LogP contribution < -0.4 is 5.23 Å². The van der Waals surface area contributed by atoms with E-state index in [9.17, 15) is 4.79 Å². The third-order valence-corrected chi connectivity index (χ3v) is 2.66. The van der Waals surface area contributed by atoms with Crippen LogP contribution >= 0.6 is 0 Å². The number of carbonyl (C=O) groups excluding carboxylic acids is 1. The number of rotatable bonds is 6. The maximum atomic E-state index is 12.1. The van der Waals surface area contributed by atoms with Crippen molar-refractivity contribution in [2.75, 3.05) is 27.2 Å². The number of hydrogen-bond acceptors (Lipinski definition) is 4. The van der Waals surface area contributed by atoms with E-state index < -0.39 is 5.54 Å². The highest BCUT2D eigenvalue weighted by atomic mass is 16.5. The van der Waals surface area contributed by atoms with Gasteiger partial charge in [0.05, 0.1) is 0 Å². The molecule has 1 atom stereocenters. The standard InChI is InChI=1S/C12H27BN2O2/c1-11(2,3)9-12(4,14-13)10(16)17-8-7-15(5)6/h14H,7-9,13H2,1-6H3. The van der Waals surface area contributed by atoms with Crippen molar-refractivity contribution in [1.29, 1.82) is 0 Å². The van der Waals surface area contributed by atoms with E-state index in [-0.39, 0.29) is 11.4 Å². The molecule has 0 bridgehead atoms. The second-order valence-corrected chi connectivity index (χ2v) is 6.26. The molecule has 0 amide bonds. The minimum absolute atomic E-state index is 0.0817. The van der Waals surface area contributed by atoms with Gasteiger partial charge in [-0.1, -0.05) is 20.8 Å². The van der Waals surface area contributed by atoms with Crippen LogP contribution in [-0.2, 0) is 9.53 Å². The quantitative estimate of drug-likeness (QED) is 0.541. The van der Waals surface area contributed by atoms with E-state index in [4.69, 9.17) is 4.74 Å². The fourth-order valence-electron chi connectivity index (χ4n) is 1.80. The second kappa shape index (κ2) is 6.40. The van der Waals surface area contributed by atoms with Crippen LogP contribution in [0.2, 0.25) is 0 Å². The van der Waals surface area contributed by atoms with E-state index in [0.717, 1.165) is 13.0 Å². The molecule has 0 aromatic heterocycles. The van der Waals surface area contributed by atoms with Crippen molar-refractivity contribution in [3.63, 3.8) is 0 Å². The zero-order valence-electron chi connectivity index (χ0n) is 12.4. The summed E-state index contributed by atoms with van der Waals surface area (Å²) in [7, 11) is 5.72. The van der Waals surface area contributed by atoms with E-state index in [1.165, 1.54) is 0 Å². The fourth-order valence-corrected chi connectivity index (χ4v) is 1.80. The molecule has 0 aliphatic rings. The maximum Gasteiger partial charge on any atom is 0.325 e. The zero-order chi connectivity index (χ0) is 13.7. The predicted octanol–water partition coefficient (Wildman–Crippen LogP) is 0.424. The number of ether oxygens (including phenoxy) is 1. The molecule has 0 aromatic rings. The molecule has 0 saturated carbocycles. The summed E-state index contributed by atoms with van der Waals surface area (Å²) >= 11 is 0. The molecule has 0 rings (SSSR count). The monoisotopic (exact) mass is 242 g/mol. The van der Waals surface area contributed by atoms with Crippen molar-refractivity contribution in [3.8, 4) is 0 Å². The van der Waals surface area contributed by atoms with Gasteiger partial charge < -0.3 is 14.9 Å². The molecule has 1 unspecified atom stereocenters. The average Bonchev–Trinajstić information content (AvgIpc) is 2.14. The Bertz CT molecular complexity index is 251. The van der Waals surface area contributed by atoms with Crippen LogP contribution in [0.3, 0.4) is 0 Å². The van der Waals surface area contributed by atoms with Crippen LogP contribution in [-0.4, -0.2) is 51.6 Å². The van der Waals surface area contributed by atoms with Crippen LogP contribution in [0.25, 0.3) is 0 Å². The molecule has 17 heavy (non-hydrogen) atoms. The lowest BCUT2D eigenvalue weighted by Gasteiger charge is -2.33. The minimum atomic E-state index is -0.607. The topological polar surface area (TPSA) is 41.6 Å². The normalized spacial score (nSPS) is 15.7. The Morgan fingerprint density at radius 2 is 1.82 bits per heavy atom. The first-order valence-corrected chi connectivity index (χ1v) is 6.11. The molecule has 1 N–H and O–H groups in total. The third-order valence-electron chi connectivity index (χ3n) is 2.66. The largest absolute Gasteiger partial charge is 0.463 e. The molecule has 0 spiro atoms. The third kappa shape index (κ3) is 6.69. The van der Waals surface area contributed by atoms with E-state index in [0.29, 0.717) is 6.61 Å². The fraction of sp³-hybridized carbons (Fsp3) is 0.917. The molecule has 0 fully saturated rings. The summed E-state index contributed by atoms with van der Waals surface area (Å²) in [4.78, 5) is 14.0. The number of nitrogens with zero attached hydrogens (tertiary/aromatic N) is 1. The van der Waals surface area contributed by atoms with Crippen molar-refractivity contribution in [2.24, 2.45) is 5.41 Å². The number of esters is 1. The predicted molar refractivity (Wildman–Crippen MR) is 73.7 cm³/mol. The Kier molecular flexibility index (Phi) is 6.20. The van der Waals surface area contributed by atoms with Crippen molar-refractivity contribution >= 4 is 14.0 Å². The van der Waals surface area contributed by atoms with Crippen molar-refractivity contribution in [3.05, 3.63) is 0 Å². The van der Waals surface area contributed by atoms with E-state index >= 15 is 0 Å². The zero-order valence-corrected chi connectivity index (χ0v) is 12.4. The molecule has 0 aliphatic carbocycles. The van der Waals surface area contributed by atoms with Crippen molar-refractivity contribution in [1.82, 2.24) is 10.1 Å². The number of hydrogen-bond donors (Lipinski definition) is 1. The summed E-state index contributed by atoms with van der Waals surface area (Å²) < 4.78 is 5.31. The number of likely N-dealkylation sites (N-methyl/N-ethyl adjacent to an activating group) is 1. The SMILES string of the molecule is BNC(C)(CC(C)(C)C)C(=O)OCCN(C)C. The molecule has 0 aliphatic heterocycles. The summed E-state index contributed by atoms with van der Waals surface area (Å²) in [5.74, 6) is -0.170. The van der Waals surface area contributed by atoms with Crippen LogP contribution in [0.1, 0.15) is 34.1 Å². The molecular formula is C12H27BN2O2. The first kappa shape index (κ1) is 16.5. The van der Waals surface area contributed by atoms with Crippen LogP contribution in [0.5, 0.6) is 0 Å². The van der Waals surface area contributed by atoms with Gasteiger partial charge in [-0.25, -0.2) is 0 Å². The first-order chi connectivity index (χ1) is 7.60. The smallest absolute Gasteiger partial charge is 0.325 e. The van der Waals surface area contributed by atoms with Gasteiger partial charge in [-0.05, 0) is 32.9 Å². The summed E-state index contributed by atoms with van der Waals surface area (Å²) in [6.45, 7) is 9.45. The van der Waals surface area contributed by atoms with Gasteiger partial charge in [-0.2, -0.15) is 0 Å². The van der Waals surface area contributed by atoms with Gasteiger partial charge in [0.1, 0.15) is 12.1 Å². The molecule has 100 valence electrons. The molecule has 0 saturated heterocycles. The van der Waals surface area contributed by atoms with Gasteiger partial charge in [0.25, 0.3) is 0 Å². The van der Waals surface area contributed by atoms with E-state index in [2.05, 4.69) is 26.0 Å². The highest BCUT2D eigenvalue weighted by Crippen LogP contribution is 2.27. The number of carbonyl (C=O) groups is 1. The Morgan fingerprint density at radius 1 is 1.29 bits per heavy atom. The van der Waals surface area contributed by atoms with Crippen molar-refractivity contribution < 1.29 is 9.53 Å². The Hall–Kier alpha value is -0.545. The van der Waals surface area contributed by atoms with Gasteiger partial charge in [0.15, 0.2) is 7.98 Å². The van der Waals surface area contributed by atoms with Gasteiger partial charge >= 0.3 is 5.97 Å². The average molecular weight is 242 g/mol. The minimum Gasteiger partial charge on any atom is -0.463 e. The van der Waals surface area contributed by atoms with Gasteiger partial charge in [-0.15, -0.1) is 0 Å². The Balaban J connectivity index is 4.38. The van der Waals surface area contributed by atoms with Crippen LogP contribution in [0.15, 0.2) is 0 Å². The summed E-state index contributed by atoms with van der Waals surface area (Å²) in [5, 5.41) is 3.08. The Labute approximate surface area is 107 Å². The summed E-state index contributed by atoms with van der Waals surface area (Å²) in [6, 6.07) is 0. The van der Waals surface area contributed by atoms with Crippen LogP contribution in [0.4, 0.5) is 0 Å². The lowest BCUT2D eigenvalue weighted by molar-refractivity contribution is -0.151.